The summed E-state index contributed by atoms with van der Waals surface area (Å²) >= 11 is 5.98. The van der Waals surface area contributed by atoms with Crippen LogP contribution in [-0.2, 0) is 0 Å². The molecule has 0 saturated heterocycles. The molecule has 0 radical (unpaired) electrons. The fourth-order valence-corrected chi connectivity index (χ4v) is 2.51. The smallest absolute Gasteiger partial charge is 0.186 e. The van der Waals surface area contributed by atoms with Crippen molar-refractivity contribution in [1.82, 2.24) is 0 Å². The minimum absolute atomic E-state index is 0.0137. The molecule has 1 heterocycles. The van der Waals surface area contributed by atoms with Gasteiger partial charge in [0, 0.05) is 16.1 Å². The van der Waals surface area contributed by atoms with E-state index in [1.54, 1.807) is 18.2 Å². The molecule has 25 heavy (non-hydrogen) atoms. The Labute approximate surface area is 149 Å². The van der Waals surface area contributed by atoms with Gasteiger partial charge in [0.1, 0.15) is 11.5 Å². The van der Waals surface area contributed by atoms with Crippen molar-refractivity contribution in [3.63, 3.8) is 0 Å². The molecule has 1 N–H and O–H groups in total. The number of hydrogen-bond acceptors (Lipinski definition) is 4. The van der Waals surface area contributed by atoms with E-state index in [-0.39, 0.29) is 17.3 Å². The van der Waals surface area contributed by atoms with Gasteiger partial charge in [0.05, 0.1) is 7.11 Å². The molecule has 0 aliphatic heterocycles. The number of rotatable bonds is 5. The van der Waals surface area contributed by atoms with Crippen molar-refractivity contribution < 1.29 is 19.1 Å². The summed E-state index contributed by atoms with van der Waals surface area (Å²) in [6, 6.07) is 15.4. The number of phenols is 1. The van der Waals surface area contributed by atoms with Crippen molar-refractivity contribution in [1.29, 1.82) is 0 Å². The number of furan rings is 1. The molecule has 3 aromatic rings. The quantitative estimate of drug-likeness (QED) is 0.504. The van der Waals surface area contributed by atoms with Crippen LogP contribution in [0.1, 0.15) is 16.1 Å². The van der Waals surface area contributed by atoms with E-state index in [0.717, 1.165) is 5.56 Å². The normalized spacial score (nSPS) is 11.0. The van der Waals surface area contributed by atoms with Crippen molar-refractivity contribution in [2.45, 2.75) is 0 Å². The van der Waals surface area contributed by atoms with E-state index in [1.807, 2.05) is 24.3 Å². The summed E-state index contributed by atoms with van der Waals surface area (Å²) < 4.78 is 10.7. The van der Waals surface area contributed by atoms with Crippen LogP contribution in [-0.4, -0.2) is 18.0 Å². The zero-order valence-corrected chi connectivity index (χ0v) is 14.2. The maximum atomic E-state index is 12.2. The number of hydrogen-bond donors (Lipinski definition) is 1. The number of phenolic OH excluding ortho intramolecular Hbond substituents is 1. The molecular weight excluding hydrogens is 340 g/mol. The Kier molecular flexibility index (Phi) is 4.91. The highest BCUT2D eigenvalue weighted by molar-refractivity contribution is 6.30. The number of methoxy groups -OCH3 is 1. The number of ketones is 1. The summed E-state index contributed by atoms with van der Waals surface area (Å²) in [5, 5.41) is 10.2. The van der Waals surface area contributed by atoms with Crippen LogP contribution in [0.2, 0.25) is 5.02 Å². The molecule has 0 fully saturated rings. The van der Waals surface area contributed by atoms with Crippen LogP contribution >= 0.6 is 11.6 Å². The molecule has 126 valence electrons. The van der Waals surface area contributed by atoms with Gasteiger partial charge in [0.15, 0.2) is 17.3 Å². The highest BCUT2D eigenvalue weighted by Gasteiger charge is 2.08. The van der Waals surface area contributed by atoms with E-state index in [0.29, 0.717) is 22.1 Å². The first-order valence-electron chi connectivity index (χ1n) is 7.52. The van der Waals surface area contributed by atoms with Crippen molar-refractivity contribution in [2.75, 3.05) is 7.11 Å². The van der Waals surface area contributed by atoms with E-state index in [2.05, 4.69) is 0 Å². The second kappa shape index (κ2) is 7.28. The average Bonchev–Trinajstić information content (AvgIpc) is 3.09. The van der Waals surface area contributed by atoms with Crippen molar-refractivity contribution in [3.05, 3.63) is 77.0 Å². The van der Waals surface area contributed by atoms with Gasteiger partial charge in [-0.3, -0.25) is 4.79 Å². The third kappa shape index (κ3) is 3.92. The van der Waals surface area contributed by atoms with Gasteiger partial charge < -0.3 is 14.3 Å². The monoisotopic (exact) mass is 354 g/mol. The Hall–Kier alpha value is -2.98. The number of benzene rings is 2. The van der Waals surface area contributed by atoms with E-state index in [1.165, 1.54) is 31.4 Å². The highest BCUT2D eigenvalue weighted by Crippen LogP contribution is 2.27. The number of allylic oxidation sites excluding steroid dienone is 1. The van der Waals surface area contributed by atoms with Gasteiger partial charge in [0.2, 0.25) is 0 Å². The fraction of sp³-hybridized carbons (Fsp3) is 0.0500. The second-order valence-corrected chi connectivity index (χ2v) is 5.73. The molecule has 0 atom stereocenters. The summed E-state index contributed by atoms with van der Waals surface area (Å²) in [6.45, 7) is 0. The lowest BCUT2D eigenvalue weighted by Gasteiger charge is -2.04. The Morgan fingerprint density at radius 1 is 1.16 bits per heavy atom. The molecular formula is C20H15ClO4. The largest absolute Gasteiger partial charge is 0.504 e. The Morgan fingerprint density at radius 2 is 2.00 bits per heavy atom. The number of ether oxygens (including phenoxy) is 1. The molecule has 3 rings (SSSR count). The van der Waals surface area contributed by atoms with Gasteiger partial charge in [-0.25, -0.2) is 0 Å². The van der Waals surface area contributed by atoms with Gasteiger partial charge in [-0.05, 0) is 54.6 Å². The molecule has 0 aliphatic rings. The first-order valence-corrected chi connectivity index (χ1v) is 7.90. The number of halogens is 1. The van der Waals surface area contributed by atoms with Crippen molar-refractivity contribution in [2.24, 2.45) is 0 Å². The highest BCUT2D eigenvalue weighted by atomic mass is 35.5. The summed E-state index contributed by atoms with van der Waals surface area (Å²) in [7, 11) is 1.43. The first kappa shape index (κ1) is 16.9. The van der Waals surface area contributed by atoms with Gasteiger partial charge >= 0.3 is 0 Å². The van der Waals surface area contributed by atoms with Crippen molar-refractivity contribution in [3.8, 4) is 22.8 Å². The van der Waals surface area contributed by atoms with Crippen LogP contribution in [0.4, 0.5) is 0 Å². The number of carbonyl (C=O) groups is 1. The van der Waals surface area contributed by atoms with E-state index >= 15 is 0 Å². The summed E-state index contributed by atoms with van der Waals surface area (Å²) in [5.41, 5.74) is 1.27. The Bertz CT molecular complexity index is 940. The molecule has 0 spiro atoms. The fourth-order valence-electron chi connectivity index (χ4n) is 2.32. The van der Waals surface area contributed by atoms with Crippen LogP contribution in [0.25, 0.3) is 17.4 Å². The lowest BCUT2D eigenvalue weighted by atomic mass is 10.1. The van der Waals surface area contributed by atoms with Crippen LogP contribution in [0, 0.1) is 0 Å². The predicted molar refractivity (Wildman–Crippen MR) is 97.2 cm³/mol. The molecule has 4 nitrogen and oxygen atoms in total. The van der Waals surface area contributed by atoms with Gasteiger partial charge in [0.25, 0.3) is 0 Å². The van der Waals surface area contributed by atoms with E-state index in [9.17, 15) is 9.90 Å². The lowest BCUT2D eigenvalue weighted by Crippen LogP contribution is -1.95. The van der Waals surface area contributed by atoms with Gasteiger partial charge in [-0.1, -0.05) is 23.7 Å². The maximum absolute atomic E-state index is 12.2. The zero-order chi connectivity index (χ0) is 17.8. The van der Waals surface area contributed by atoms with Gasteiger partial charge in [-0.2, -0.15) is 0 Å². The van der Waals surface area contributed by atoms with E-state index in [4.69, 9.17) is 20.8 Å². The van der Waals surface area contributed by atoms with E-state index < -0.39 is 0 Å². The minimum Gasteiger partial charge on any atom is -0.504 e. The topological polar surface area (TPSA) is 59.7 Å². The van der Waals surface area contributed by atoms with Crippen LogP contribution in [0.15, 0.2) is 65.1 Å². The third-order valence-corrected chi connectivity index (χ3v) is 3.83. The van der Waals surface area contributed by atoms with Crippen LogP contribution in [0.3, 0.4) is 0 Å². The predicted octanol–water partition coefficient (Wildman–Crippen LogP) is 5.21. The number of aromatic hydroxyl groups is 1. The first-order chi connectivity index (χ1) is 12.1. The van der Waals surface area contributed by atoms with Crippen molar-refractivity contribution >= 4 is 23.5 Å². The molecule has 0 aliphatic carbocycles. The molecule has 0 unspecified atom stereocenters. The Balaban J connectivity index is 1.77. The third-order valence-electron chi connectivity index (χ3n) is 3.60. The summed E-state index contributed by atoms with van der Waals surface area (Å²) in [4.78, 5) is 12.2. The Morgan fingerprint density at radius 3 is 2.76 bits per heavy atom. The van der Waals surface area contributed by atoms with Crippen LogP contribution in [0.5, 0.6) is 11.5 Å². The summed E-state index contributed by atoms with van der Waals surface area (Å²) in [6.07, 6.45) is 3.00. The average molecular weight is 355 g/mol. The molecule has 2 aromatic carbocycles. The molecule has 0 bridgehead atoms. The van der Waals surface area contributed by atoms with Crippen LogP contribution < -0.4 is 4.74 Å². The minimum atomic E-state index is -0.223. The second-order valence-electron chi connectivity index (χ2n) is 5.30. The SMILES string of the molecule is COc1cc(C(=O)/C=C/c2ccc(-c3cccc(Cl)c3)o2)ccc1O. The molecule has 0 saturated carbocycles. The lowest BCUT2D eigenvalue weighted by molar-refractivity contribution is 0.104. The maximum Gasteiger partial charge on any atom is 0.186 e. The number of carbonyl (C=O) groups excluding carboxylic acids is 1. The molecule has 5 heteroatoms. The standard InChI is InChI=1S/C20H15ClO4/c1-24-20-12-13(5-8-18(20)23)17(22)9-6-16-7-10-19(25-16)14-3-2-4-15(21)11-14/h2-12,23H,1H3/b9-6+. The van der Waals surface area contributed by atoms with Gasteiger partial charge in [-0.15, -0.1) is 0 Å². The zero-order valence-electron chi connectivity index (χ0n) is 13.4. The summed E-state index contributed by atoms with van der Waals surface area (Å²) in [5.74, 6) is 1.23. The molecule has 0 amide bonds. The molecule has 1 aromatic heterocycles.